The van der Waals surface area contributed by atoms with Crippen LogP contribution in [0.4, 0.5) is 5.69 Å². The van der Waals surface area contributed by atoms with Crippen LogP contribution in [0.1, 0.15) is 0 Å². The van der Waals surface area contributed by atoms with Gasteiger partial charge in [0.25, 0.3) is 0 Å². The van der Waals surface area contributed by atoms with Gasteiger partial charge in [0.2, 0.25) is 0 Å². The van der Waals surface area contributed by atoms with Crippen LogP contribution in [-0.4, -0.2) is 4.98 Å². The molecule has 0 fully saturated rings. The predicted octanol–water partition coefficient (Wildman–Crippen LogP) is 2.44. The van der Waals surface area contributed by atoms with E-state index in [-0.39, 0.29) is 0 Å². The molecule has 6 heteroatoms. The van der Waals surface area contributed by atoms with E-state index >= 15 is 0 Å². The zero-order chi connectivity index (χ0) is 8.43. The lowest BCUT2D eigenvalue weighted by atomic mass is 10.4. The van der Waals surface area contributed by atoms with E-state index in [0.29, 0.717) is 20.3 Å². The maximum atomic E-state index is 5.76. The van der Waals surface area contributed by atoms with Crippen molar-refractivity contribution in [3.63, 3.8) is 0 Å². The van der Waals surface area contributed by atoms with Gasteiger partial charge in [-0.25, -0.2) is 4.98 Å². The number of hydrogen-bond acceptors (Lipinski definition) is 3. The van der Waals surface area contributed by atoms with Crippen molar-refractivity contribution in [1.82, 2.24) is 4.98 Å². The molecule has 3 nitrogen and oxygen atoms in total. The minimum Gasteiger partial charge on any atom is -0.321 e. The fourth-order valence-electron chi connectivity index (χ4n) is 0.575. The normalized spacial score (nSPS) is 9.82. The second-order valence-corrected chi connectivity index (χ2v) is 3.27. The van der Waals surface area contributed by atoms with E-state index in [9.17, 15) is 0 Å². The Morgan fingerprint density at radius 1 is 1.55 bits per heavy atom. The zero-order valence-corrected chi connectivity index (χ0v) is 8.33. The third-order valence-electron chi connectivity index (χ3n) is 1.08. The summed E-state index contributed by atoms with van der Waals surface area (Å²) in [5.74, 6) is 5.15. The van der Waals surface area contributed by atoms with E-state index in [1.165, 1.54) is 6.20 Å². The maximum Gasteiger partial charge on any atom is 0.126 e. The summed E-state index contributed by atoms with van der Waals surface area (Å²) in [6, 6.07) is 0. The molecule has 3 N–H and O–H groups in total. The highest BCUT2D eigenvalue weighted by atomic mass is 79.9. The van der Waals surface area contributed by atoms with E-state index in [0.717, 1.165) is 0 Å². The Balaban J connectivity index is 3.29. The molecule has 0 aliphatic rings. The van der Waals surface area contributed by atoms with Gasteiger partial charge in [0.15, 0.2) is 0 Å². The highest BCUT2D eigenvalue weighted by Gasteiger charge is 2.07. The minimum atomic E-state index is 0.375. The van der Waals surface area contributed by atoms with Gasteiger partial charge < -0.3 is 5.43 Å². The average molecular weight is 257 g/mol. The van der Waals surface area contributed by atoms with E-state index in [4.69, 9.17) is 29.0 Å². The first-order valence-electron chi connectivity index (χ1n) is 2.63. The number of aromatic nitrogens is 1. The highest BCUT2D eigenvalue weighted by Crippen LogP contribution is 2.33. The summed E-state index contributed by atoms with van der Waals surface area (Å²) in [6.07, 6.45) is 1.45. The van der Waals surface area contributed by atoms with Crippen LogP contribution in [0.2, 0.25) is 10.0 Å². The molecule has 1 aromatic rings. The molecule has 11 heavy (non-hydrogen) atoms. The monoisotopic (exact) mass is 255 g/mol. The summed E-state index contributed by atoms with van der Waals surface area (Å²) in [5, 5.41) is 0.765. The first-order valence-corrected chi connectivity index (χ1v) is 4.18. The molecule has 0 saturated carbocycles. The van der Waals surface area contributed by atoms with Gasteiger partial charge in [0.05, 0.1) is 15.7 Å². The molecule has 0 radical (unpaired) electrons. The van der Waals surface area contributed by atoms with Crippen molar-refractivity contribution in [3.05, 3.63) is 20.8 Å². The number of halogens is 3. The van der Waals surface area contributed by atoms with E-state index in [1.807, 2.05) is 0 Å². The van der Waals surface area contributed by atoms with Crippen molar-refractivity contribution in [2.24, 2.45) is 5.84 Å². The summed E-state index contributed by atoms with van der Waals surface area (Å²) < 4.78 is 0.511. The molecule has 1 heterocycles. The largest absolute Gasteiger partial charge is 0.321 e. The molecule has 0 unspecified atom stereocenters. The van der Waals surface area contributed by atoms with Crippen molar-refractivity contribution in [2.75, 3.05) is 5.43 Å². The van der Waals surface area contributed by atoms with Gasteiger partial charge in [0, 0.05) is 6.20 Å². The third-order valence-corrected chi connectivity index (χ3v) is 2.56. The second kappa shape index (κ2) is 3.58. The van der Waals surface area contributed by atoms with Gasteiger partial charge in [0.1, 0.15) is 4.60 Å². The summed E-state index contributed by atoms with van der Waals surface area (Å²) in [7, 11) is 0. The van der Waals surface area contributed by atoms with Gasteiger partial charge in [-0.1, -0.05) is 23.2 Å². The van der Waals surface area contributed by atoms with Crippen LogP contribution in [-0.2, 0) is 0 Å². The zero-order valence-electron chi connectivity index (χ0n) is 5.24. The Labute approximate surface area is 82.0 Å². The van der Waals surface area contributed by atoms with Crippen molar-refractivity contribution < 1.29 is 0 Å². The molecular formula is C5H4BrCl2N3. The first-order chi connectivity index (χ1) is 5.16. The Morgan fingerprint density at radius 2 is 2.18 bits per heavy atom. The SMILES string of the molecule is NNc1c(Cl)cnc(Br)c1Cl. The number of nitrogen functional groups attached to an aromatic ring is 1. The molecule has 0 spiro atoms. The van der Waals surface area contributed by atoms with Crippen LogP contribution < -0.4 is 11.3 Å². The summed E-state index contributed by atoms with van der Waals surface area (Å²) >= 11 is 14.6. The van der Waals surface area contributed by atoms with Crippen LogP contribution in [0.5, 0.6) is 0 Å². The van der Waals surface area contributed by atoms with Gasteiger partial charge in [-0.15, -0.1) is 0 Å². The maximum absolute atomic E-state index is 5.76. The average Bonchev–Trinajstić information content (AvgIpc) is 1.99. The highest BCUT2D eigenvalue weighted by molar-refractivity contribution is 9.10. The van der Waals surface area contributed by atoms with Crippen LogP contribution >= 0.6 is 39.1 Å². The Hall–Kier alpha value is -0.0300. The van der Waals surface area contributed by atoms with Crippen LogP contribution in [0.25, 0.3) is 0 Å². The number of hydrogen-bond donors (Lipinski definition) is 2. The topological polar surface area (TPSA) is 50.9 Å². The van der Waals surface area contributed by atoms with Crippen molar-refractivity contribution in [2.45, 2.75) is 0 Å². The van der Waals surface area contributed by atoms with E-state index < -0.39 is 0 Å². The van der Waals surface area contributed by atoms with Gasteiger partial charge in [-0.05, 0) is 15.9 Å². The van der Waals surface area contributed by atoms with Gasteiger partial charge in [-0.3, -0.25) is 5.84 Å². The first kappa shape index (κ1) is 9.06. The number of anilines is 1. The van der Waals surface area contributed by atoms with E-state index in [2.05, 4.69) is 26.3 Å². The molecule has 0 bridgehead atoms. The summed E-state index contributed by atoms with van der Waals surface area (Å²) in [4.78, 5) is 3.84. The van der Waals surface area contributed by atoms with Crippen LogP contribution in [0, 0.1) is 0 Å². The minimum absolute atomic E-state index is 0.375. The van der Waals surface area contributed by atoms with Crippen molar-refractivity contribution in [3.8, 4) is 0 Å². The fraction of sp³-hybridized carbons (Fsp3) is 0. The van der Waals surface area contributed by atoms with Crippen LogP contribution in [0.3, 0.4) is 0 Å². The lowest BCUT2D eigenvalue weighted by Crippen LogP contribution is -2.08. The van der Waals surface area contributed by atoms with Crippen molar-refractivity contribution >= 4 is 44.8 Å². The number of hydrazine groups is 1. The molecule has 1 aromatic heterocycles. The number of nitrogens with zero attached hydrogens (tertiary/aromatic N) is 1. The molecule has 0 saturated heterocycles. The third kappa shape index (κ3) is 1.76. The molecule has 60 valence electrons. The standard InChI is InChI=1S/C5H4BrCl2N3/c6-5-3(8)4(11-9)2(7)1-10-5/h1H,9H2,(H,10,11). The van der Waals surface area contributed by atoms with Crippen LogP contribution in [0.15, 0.2) is 10.8 Å². The van der Waals surface area contributed by atoms with E-state index in [1.54, 1.807) is 0 Å². The number of nitrogens with one attached hydrogen (secondary N) is 1. The molecule has 1 rings (SSSR count). The molecule has 0 amide bonds. The van der Waals surface area contributed by atoms with Crippen molar-refractivity contribution in [1.29, 1.82) is 0 Å². The van der Waals surface area contributed by atoms with Gasteiger partial charge >= 0.3 is 0 Å². The lowest BCUT2D eigenvalue weighted by molar-refractivity contribution is 1.25. The fourth-order valence-corrected chi connectivity index (χ4v) is 1.33. The second-order valence-electron chi connectivity index (χ2n) is 1.73. The summed E-state index contributed by atoms with van der Waals surface area (Å²) in [6.45, 7) is 0. The number of rotatable bonds is 1. The smallest absolute Gasteiger partial charge is 0.126 e. The Bertz CT molecular complexity index is 279. The Morgan fingerprint density at radius 3 is 2.64 bits per heavy atom. The number of pyridine rings is 1. The summed E-state index contributed by atoms with van der Waals surface area (Å²) in [5.41, 5.74) is 2.84. The quantitative estimate of drug-likeness (QED) is 0.461. The molecule has 0 atom stereocenters. The molecule has 0 aliphatic carbocycles. The Kier molecular flexibility index (Phi) is 2.95. The lowest BCUT2D eigenvalue weighted by Gasteiger charge is -2.05. The predicted molar refractivity (Wildman–Crippen MR) is 49.8 cm³/mol. The molecule has 0 aromatic carbocycles. The number of nitrogens with two attached hydrogens (primary N) is 1. The molecular weight excluding hydrogens is 253 g/mol. The van der Waals surface area contributed by atoms with Gasteiger partial charge in [-0.2, -0.15) is 0 Å². The molecule has 0 aliphatic heterocycles.